The second kappa shape index (κ2) is 5.51. The molecule has 1 fully saturated rings. The minimum absolute atomic E-state index is 0.104. The van der Waals surface area contributed by atoms with Crippen molar-refractivity contribution in [3.63, 3.8) is 0 Å². The zero-order chi connectivity index (χ0) is 13.1. The Labute approximate surface area is 115 Å². The summed E-state index contributed by atoms with van der Waals surface area (Å²) < 4.78 is 5.65. The van der Waals surface area contributed by atoms with E-state index < -0.39 is 0 Å². The SMILES string of the molecule is NCC1(N2CCCc3ccccc32)CCCOCC1. The van der Waals surface area contributed by atoms with E-state index in [0.29, 0.717) is 0 Å². The van der Waals surface area contributed by atoms with Crippen LogP contribution in [0.15, 0.2) is 24.3 Å². The summed E-state index contributed by atoms with van der Waals surface area (Å²) in [5.74, 6) is 0. The van der Waals surface area contributed by atoms with E-state index >= 15 is 0 Å². The van der Waals surface area contributed by atoms with Gasteiger partial charge < -0.3 is 15.4 Å². The number of fused-ring (bicyclic) bond motifs is 1. The highest BCUT2D eigenvalue weighted by Crippen LogP contribution is 2.37. The lowest BCUT2D eigenvalue weighted by atomic mass is 9.85. The highest BCUT2D eigenvalue weighted by atomic mass is 16.5. The first-order chi connectivity index (χ1) is 9.36. The summed E-state index contributed by atoms with van der Waals surface area (Å²) in [6.07, 6.45) is 5.76. The molecule has 1 aromatic carbocycles. The number of hydrogen-bond acceptors (Lipinski definition) is 3. The zero-order valence-corrected chi connectivity index (χ0v) is 11.6. The van der Waals surface area contributed by atoms with Crippen LogP contribution >= 0.6 is 0 Å². The first-order valence-corrected chi connectivity index (χ1v) is 7.49. The van der Waals surface area contributed by atoms with Crippen LogP contribution in [0.1, 0.15) is 31.2 Å². The van der Waals surface area contributed by atoms with Crippen molar-refractivity contribution in [1.29, 1.82) is 0 Å². The predicted molar refractivity (Wildman–Crippen MR) is 78.6 cm³/mol. The largest absolute Gasteiger partial charge is 0.381 e. The molecule has 1 unspecified atom stereocenters. The number of nitrogens with two attached hydrogens (primary N) is 1. The summed E-state index contributed by atoms with van der Waals surface area (Å²) in [4.78, 5) is 2.58. The van der Waals surface area contributed by atoms with E-state index in [1.807, 2.05) is 0 Å². The maximum atomic E-state index is 6.20. The van der Waals surface area contributed by atoms with Gasteiger partial charge in [0.25, 0.3) is 0 Å². The number of hydrogen-bond donors (Lipinski definition) is 1. The average molecular weight is 260 g/mol. The number of benzene rings is 1. The highest BCUT2D eigenvalue weighted by Gasteiger charge is 2.38. The Morgan fingerprint density at radius 2 is 2.05 bits per heavy atom. The third-order valence-corrected chi connectivity index (χ3v) is 4.71. The lowest BCUT2D eigenvalue weighted by Crippen LogP contribution is -2.56. The number of para-hydroxylation sites is 1. The van der Waals surface area contributed by atoms with E-state index in [0.717, 1.165) is 45.6 Å². The molecule has 0 aliphatic carbocycles. The van der Waals surface area contributed by atoms with E-state index in [1.165, 1.54) is 24.1 Å². The van der Waals surface area contributed by atoms with Crippen molar-refractivity contribution >= 4 is 5.69 Å². The fourth-order valence-corrected chi connectivity index (χ4v) is 3.60. The van der Waals surface area contributed by atoms with Crippen molar-refractivity contribution in [2.75, 3.05) is 31.2 Å². The molecule has 1 saturated heterocycles. The van der Waals surface area contributed by atoms with Crippen molar-refractivity contribution in [3.05, 3.63) is 29.8 Å². The molecule has 2 aliphatic heterocycles. The maximum absolute atomic E-state index is 6.20. The highest BCUT2D eigenvalue weighted by molar-refractivity contribution is 5.57. The smallest absolute Gasteiger partial charge is 0.0547 e. The van der Waals surface area contributed by atoms with Crippen molar-refractivity contribution < 1.29 is 4.74 Å². The summed E-state index contributed by atoms with van der Waals surface area (Å²) >= 11 is 0. The number of ether oxygens (including phenoxy) is 1. The Balaban J connectivity index is 1.95. The maximum Gasteiger partial charge on any atom is 0.0547 e. The van der Waals surface area contributed by atoms with Crippen molar-refractivity contribution in [1.82, 2.24) is 0 Å². The molecule has 0 amide bonds. The standard InChI is InChI=1S/C16H24N2O/c17-13-16(8-4-11-19-12-9-16)18-10-3-6-14-5-1-2-7-15(14)18/h1-2,5,7H,3-4,6,8-13,17H2. The third-order valence-electron chi connectivity index (χ3n) is 4.71. The Morgan fingerprint density at radius 1 is 1.16 bits per heavy atom. The summed E-state index contributed by atoms with van der Waals surface area (Å²) in [5, 5.41) is 0. The van der Waals surface area contributed by atoms with Crippen LogP contribution in [-0.4, -0.2) is 31.8 Å². The van der Waals surface area contributed by atoms with Crippen LogP contribution in [0.25, 0.3) is 0 Å². The van der Waals surface area contributed by atoms with Gasteiger partial charge in [-0.05, 0) is 43.7 Å². The number of aryl methyl sites for hydroxylation is 1. The summed E-state index contributed by atoms with van der Waals surface area (Å²) in [6, 6.07) is 8.82. The van der Waals surface area contributed by atoms with Crippen molar-refractivity contribution in [2.24, 2.45) is 5.73 Å². The van der Waals surface area contributed by atoms with Gasteiger partial charge in [0, 0.05) is 32.0 Å². The Morgan fingerprint density at radius 3 is 2.95 bits per heavy atom. The number of anilines is 1. The molecule has 0 bridgehead atoms. The number of rotatable bonds is 2. The molecule has 19 heavy (non-hydrogen) atoms. The Hall–Kier alpha value is -1.06. The molecule has 0 spiro atoms. The van der Waals surface area contributed by atoms with Gasteiger partial charge in [-0.2, -0.15) is 0 Å². The van der Waals surface area contributed by atoms with Gasteiger partial charge in [0.15, 0.2) is 0 Å². The second-order valence-electron chi connectivity index (χ2n) is 5.78. The quantitative estimate of drug-likeness (QED) is 0.887. The Bertz CT molecular complexity index is 425. The zero-order valence-electron chi connectivity index (χ0n) is 11.6. The van der Waals surface area contributed by atoms with Gasteiger partial charge in [-0.3, -0.25) is 0 Å². The van der Waals surface area contributed by atoms with Gasteiger partial charge in [-0.15, -0.1) is 0 Å². The first kappa shape index (κ1) is 12.9. The van der Waals surface area contributed by atoms with Gasteiger partial charge in [0.2, 0.25) is 0 Å². The van der Waals surface area contributed by atoms with E-state index in [2.05, 4.69) is 29.2 Å². The molecule has 0 radical (unpaired) electrons. The minimum Gasteiger partial charge on any atom is -0.381 e. The van der Waals surface area contributed by atoms with Crippen LogP contribution in [0.3, 0.4) is 0 Å². The topological polar surface area (TPSA) is 38.5 Å². The first-order valence-electron chi connectivity index (χ1n) is 7.49. The fourth-order valence-electron chi connectivity index (χ4n) is 3.60. The summed E-state index contributed by atoms with van der Waals surface area (Å²) in [7, 11) is 0. The van der Waals surface area contributed by atoms with Crippen molar-refractivity contribution in [3.8, 4) is 0 Å². The van der Waals surface area contributed by atoms with Gasteiger partial charge in [-0.1, -0.05) is 18.2 Å². The van der Waals surface area contributed by atoms with Gasteiger partial charge in [0.05, 0.1) is 5.54 Å². The molecule has 3 heteroatoms. The lowest BCUT2D eigenvalue weighted by molar-refractivity contribution is 0.139. The van der Waals surface area contributed by atoms with Gasteiger partial charge in [0.1, 0.15) is 0 Å². The van der Waals surface area contributed by atoms with E-state index in [1.54, 1.807) is 0 Å². The van der Waals surface area contributed by atoms with E-state index in [-0.39, 0.29) is 5.54 Å². The lowest BCUT2D eigenvalue weighted by Gasteiger charge is -2.47. The van der Waals surface area contributed by atoms with Crippen LogP contribution in [0, 0.1) is 0 Å². The van der Waals surface area contributed by atoms with E-state index in [9.17, 15) is 0 Å². The van der Waals surface area contributed by atoms with Gasteiger partial charge in [-0.25, -0.2) is 0 Å². The molecular weight excluding hydrogens is 236 g/mol. The van der Waals surface area contributed by atoms with Crippen LogP contribution < -0.4 is 10.6 Å². The van der Waals surface area contributed by atoms with Crippen LogP contribution in [0.4, 0.5) is 5.69 Å². The Kier molecular flexibility index (Phi) is 3.76. The molecule has 104 valence electrons. The predicted octanol–water partition coefficient (Wildman–Crippen LogP) is 2.34. The molecule has 1 atom stereocenters. The van der Waals surface area contributed by atoms with Crippen LogP contribution in [0.2, 0.25) is 0 Å². The molecule has 0 aromatic heterocycles. The van der Waals surface area contributed by atoms with Crippen LogP contribution in [-0.2, 0) is 11.2 Å². The third kappa shape index (κ3) is 2.37. The van der Waals surface area contributed by atoms with Crippen LogP contribution in [0.5, 0.6) is 0 Å². The monoisotopic (exact) mass is 260 g/mol. The number of nitrogens with zero attached hydrogens (tertiary/aromatic N) is 1. The normalized spacial score (nSPS) is 27.7. The molecule has 3 nitrogen and oxygen atoms in total. The molecule has 2 heterocycles. The van der Waals surface area contributed by atoms with Crippen molar-refractivity contribution in [2.45, 2.75) is 37.6 Å². The molecular formula is C16H24N2O. The molecule has 0 saturated carbocycles. The summed E-state index contributed by atoms with van der Waals surface area (Å²) in [5.41, 5.74) is 9.18. The molecule has 2 aliphatic rings. The van der Waals surface area contributed by atoms with E-state index in [4.69, 9.17) is 10.5 Å². The summed E-state index contributed by atoms with van der Waals surface area (Å²) in [6.45, 7) is 3.59. The molecule has 1 aromatic rings. The molecule has 2 N–H and O–H groups in total. The fraction of sp³-hybridized carbons (Fsp3) is 0.625. The molecule has 3 rings (SSSR count). The second-order valence-corrected chi connectivity index (χ2v) is 5.78. The minimum atomic E-state index is 0.104. The average Bonchev–Trinajstić information content (AvgIpc) is 2.73. The van der Waals surface area contributed by atoms with Gasteiger partial charge >= 0.3 is 0 Å².